The zero-order valence-corrected chi connectivity index (χ0v) is 25.4. The van der Waals surface area contributed by atoms with Gasteiger partial charge in [0.25, 0.3) is 0 Å². The Labute approximate surface area is 257 Å². The van der Waals surface area contributed by atoms with Gasteiger partial charge in [0.05, 0.1) is 25.0 Å². The second-order valence-corrected chi connectivity index (χ2v) is 12.3. The molecule has 4 aromatic carbocycles. The van der Waals surface area contributed by atoms with Crippen molar-refractivity contribution in [1.29, 1.82) is 0 Å². The molecule has 0 fully saturated rings. The van der Waals surface area contributed by atoms with E-state index in [0.29, 0.717) is 24.2 Å². The van der Waals surface area contributed by atoms with Crippen LogP contribution in [0.15, 0.2) is 102 Å². The van der Waals surface area contributed by atoms with Crippen molar-refractivity contribution in [3.8, 4) is 17.2 Å². The summed E-state index contributed by atoms with van der Waals surface area (Å²) < 4.78 is 59.2. The second kappa shape index (κ2) is 15.4. The lowest BCUT2D eigenvalue weighted by atomic mass is 9.91. The summed E-state index contributed by atoms with van der Waals surface area (Å²) in [6, 6.07) is 26.5. The number of rotatable bonds is 15. The third-order valence-corrected chi connectivity index (χ3v) is 9.60. The highest BCUT2D eigenvalue weighted by Crippen LogP contribution is 2.43. The SMILES string of the molecule is COc1ccc(S(=O)(=O)C(c2ccccc2OCc2ccc(F)cc2)C(CCCCc2ccccc2)C(=O)NO)cc1OC. The highest BCUT2D eigenvalue weighted by atomic mass is 32.2. The van der Waals surface area contributed by atoms with Gasteiger partial charge in [0.2, 0.25) is 5.91 Å². The molecule has 0 spiro atoms. The van der Waals surface area contributed by atoms with Crippen molar-refractivity contribution in [3.05, 3.63) is 120 Å². The van der Waals surface area contributed by atoms with Crippen LogP contribution in [0.3, 0.4) is 0 Å². The maximum atomic E-state index is 14.5. The first-order valence-corrected chi connectivity index (χ1v) is 15.7. The number of amides is 1. The number of ether oxygens (including phenoxy) is 3. The molecule has 8 nitrogen and oxygen atoms in total. The molecular weight excluding hydrogens is 585 g/mol. The molecule has 0 saturated carbocycles. The Hall–Kier alpha value is -4.41. The smallest absolute Gasteiger partial charge is 0.248 e. The van der Waals surface area contributed by atoms with Crippen molar-refractivity contribution in [2.45, 2.75) is 42.4 Å². The normalized spacial score (nSPS) is 12.6. The van der Waals surface area contributed by atoms with E-state index in [2.05, 4.69) is 0 Å². The predicted octanol–water partition coefficient (Wildman–Crippen LogP) is 6.47. The third kappa shape index (κ3) is 7.94. The van der Waals surface area contributed by atoms with Crippen LogP contribution in [0, 0.1) is 11.7 Å². The molecule has 0 aliphatic carbocycles. The van der Waals surface area contributed by atoms with E-state index in [1.807, 2.05) is 30.3 Å². The molecule has 232 valence electrons. The minimum absolute atomic E-state index is 0.0361. The van der Waals surface area contributed by atoms with E-state index in [9.17, 15) is 22.8 Å². The molecule has 4 aromatic rings. The number of aryl methyl sites for hydroxylation is 1. The van der Waals surface area contributed by atoms with Crippen molar-refractivity contribution in [2.75, 3.05) is 14.2 Å². The lowest BCUT2D eigenvalue weighted by Gasteiger charge is -2.28. The number of halogens is 1. The number of carbonyl (C=O) groups excluding carboxylic acids is 1. The molecule has 4 rings (SSSR count). The fourth-order valence-electron chi connectivity index (χ4n) is 5.17. The van der Waals surface area contributed by atoms with Gasteiger partial charge in [-0.3, -0.25) is 10.0 Å². The van der Waals surface area contributed by atoms with Crippen LogP contribution >= 0.6 is 0 Å². The molecule has 0 aliphatic rings. The summed E-state index contributed by atoms with van der Waals surface area (Å²) in [6.07, 6.45) is 2.13. The van der Waals surface area contributed by atoms with Crippen LogP contribution in [0.4, 0.5) is 4.39 Å². The van der Waals surface area contributed by atoms with Crippen molar-refractivity contribution in [3.63, 3.8) is 0 Å². The highest BCUT2D eigenvalue weighted by molar-refractivity contribution is 7.91. The first kappa shape index (κ1) is 32.5. The number of methoxy groups -OCH3 is 2. The van der Waals surface area contributed by atoms with Gasteiger partial charge in [-0.2, -0.15) is 0 Å². The van der Waals surface area contributed by atoms with Gasteiger partial charge in [-0.15, -0.1) is 0 Å². The average molecular weight is 622 g/mol. The van der Waals surface area contributed by atoms with E-state index in [-0.39, 0.29) is 40.8 Å². The molecule has 2 unspecified atom stereocenters. The predicted molar refractivity (Wildman–Crippen MR) is 164 cm³/mol. The first-order valence-electron chi connectivity index (χ1n) is 14.2. The lowest BCUT2D eigenvalue weighted by Crippen LogP contribution is -2.36. The molecule has 0 aromatic heterocycles. The molecule has 0 bridgehead atoms. The summed E-state index contributed by atoms with van der Waals surface area (Å²) in [5.41, 5.74) is 3.75. The minimum Gasteiger partial charge on any atom is -0.493 e. The Morgan fingerprint density at radius 2 is 1.50 bits per heavy atom. The van der Waals surface area contributed by atoms with Gasteiger partial charge in [-0.05, 0) is 60.7 Å². The quantitative estimate of drug-likeness (QED) is 0.0889. The van der Waals surface area contributed by atoms with Gasteiger partial charge < -0.3 is 14.2 Å². The van der Waals surface area contributed by atoms with Gasteiger partial charge in [0.1, 0.15) is 23.4 Å². The lowest BCUT2D eigenvalue weighted by molar-refractivity contribution is -0.133. The largest absolute Gasteiger partial charge is 0.493 e. The van der Waals surface area contributed by atoms with E-state index in [0.717, 1.165) is 12.0 Å². The number of hydroxylamine groups is 1. The van der Waals surface area contributed by atoms with Gasteiger partial charge in [-0.25, -0.2) is 18.3 Å². The van der Waals surface area contributed by atoms with Gasteiger partial charge in [0, 0.05) is 11.6 Å². The van der Waals surface area contributed by atoms with Crippen LogP contribution in [-0.4, -0.2) is 33.8 Å². The molecule has 0 saturated heterocycles. The molecule has 2 atom stereocenters. The number of carbonyl (C=O) groups is 1. The molecule has 10 heteroatoms. The summed E-state index contributed by atoms with van der Waals surface area (Å²) in [4.78, 5) is 13.2. The summed E-state index contributed by atoms with van der Waals surface area (Å²) in [7, 11) is -1.46. The Morgan fingerprint density at radius 1 is 0.818 bits per heavy atom. The molecule has 2 N–H and O–H groups in total. The van der Waals surface area contributed by atoms with E-state index in [4.69, 9.17) is 14.2 Å². The van der Waals surface area contributed by atoms with Crippen molar-refractivity contribution >= 4 is 15.7 Å². The molecular formula is C34H36FNO7S. The van der Waals surface area contributed by atoms with Crippen LogP contribution in [0.25, 0.3) is 0 Å². The summed E-state index contributed by atoms with van der Waals surface area (Å²) in [5, 5.41) is 8.34. The Bertz CT molecular complexity index is 1630. The topological polar surface area (TPSA) is 111 Å². The zero-order chi connectivity index (χ0) is 31.5. The van der Waals surface area contributed by atoms with Gasteiger partial charge in [-0.1, -0.05) is 67.1 Å². The standard InChI is InChI=1S/C34H36FNO7S/c1-41-31-21-20-27(22-32(31)42-2)44(39,40)33(29(34(37)36-38)14-7-6-12-24-10-4-3-5-11-24)28-13-8-9-15-30(28)43-23-25-16-18-26(35)19-17-25/h3-5,8-11,13,15-22,29,33,38H,6-7,12,14,23H2,1-2H3,(H,36,37). The number of hydrogen-bond donors (Lipinski definition) is 2. The van der Waals surface area contributed by atoms with Crippen molar-refractivity contribution in [2.24, 2.45) is 5.92 Å². The van der Waals surface area contributed by atoms with E-state index in [1.165, 1.54) is 44.6 Å². The average Bonchev–Trinajstić information content (AvgIpc) is 3.05. The molecule has 1 amide bonds. The maximum Gasteiger partial charge on any atom is 0.248 e. The van der Waals surface area contributed by atoms with Gasteiger partial charge in [0.15, 0.2) is 21.3 Å². The fraction of sp³-hybridized carbons (Fsp3) is 0.265. The highest BCUT2D eigenvalue weighted by Gasteiger charge is 2.41. The molecule has 0 aliphatic heterocycles. The number of sulfone groups is 1. The van der Waals surface area contributed by atoms with Crippen LogP contribution in [0.1, 0.15) is 41.2 Å². The number of nitrogens with one attached hydrogen (secondary N) is 1. The van der Waals surface area contributed by atoms with Crippen LogP contribution < -0.4 is 19.7 Å². The summed E-state index contributed by atoms with van der Waals surface area (Å²) in [5.74, 6) is -1.60. The Morgan fingerprint density at radius 3 is 2.18 bits per heavy atom. The van der Waals surface area contributed by atoms with Crippen LogP contribution in [0.5, 0.6) is 17.2 Å². The summed E-state index contributed by atoms with van der Waals surface area (Å²) in [6.45, 7) is 0.0361. The Kier molecular flexibility index (Phi) is 11.3. The molecule has 0 radical (unpaired) electrons. The molecule has 0 heterocycles. The number of hydrogen-bond acceptors (Lipinski definition) is 7. The number of para-hydroxylation sites is 1. The zero-order valence-electron chi connectivity index (χ0n) is 24.6. The monoisotopic (exact) mass is 621 g/mol. The van der Waals surface area contributed by atoms with Gasteiger partial charge >= 0.3 is 0 Å². The Balaban J connectivity index is 1.75. The first-order chi connectivity index (χ1) is 21.3. The van der Waals surface area contributed by atoms with E-state index in [1.54, 1.807) is 41.9 Å². The number of benzene rings is 4. The van der Waals surface area contributed by atoms with Crippen LogP contribution in [-0.2, 0) is 27.7 Å². The second-order valence-electron chi connectivity index (χ2n) is 10.2. The maximum absolute atomic E-state index is 14.5. The van der Waals surface area contributed by atoms with Crippen molar-refractivity contribution in [1.82, 2.24) is 5.48 Å². The molecule has 44 heavy (non-hydrogen) atoms. The fourth-order valence-corrected chi connectivity index (χ4v) is 7.21. The van der Waals surface area contributed by atoms with Crippen LogP contribution in [0.2, 0.25) is 0 Å². The van der Waals surface area contributed by atoms with E-state index >= 15 is 0 Å². The van der Waals surface area contributed by atoms with E-state index < -0.39 is 26.9 Å². The summed E-state index contributed by atoms with van der Waals surface area (Å²) >= 11 is 0. The minimum atomic E-state index is -4.30. The van der Waals surface area contributed by atoms with Crippen molar-refractivity contribution < 1.29 is 37.0 Å². The third-order valence-electron chi connectivity index (χ3n) is 7.44. The number of unbranched alkanes of at least 4 members (excludes halogenated alkanes) is 1.